The lowest BCUT2D eigenvalue weighted by molar-refractivity contribution is 0.116. The molecule has 5 heteroatoms. The van der Waals surface area contributed by atoms with Crippen LogP contribution in [0.4, 0.5) is 5.82 Å². The van der Waals surface area contributed by atoms with Crippen molar-refractivity contribution in [3.63, 3.8) is 0 Å². The monoisotopic (exact) mass is 319 g/mol. The smallest absolute Gasteiger partial charge is 0.139 e. The number of hydrogen-bond donors (Lipinski definition) is 2. The molecule has 2 heterocycles. The van der Waals surface area contributed by atoms with E-state index < -0.39 is 0 Å². The summed E-state index contributed by atoms with van der Waals surface area (Å²) in [6.45, 7) is 6.40. The van der Waals surface area contributed by atoms with E-state index in [0.717, 1.165) is 47.5 Å². The number of aromatic nitrogens is 2. The summed E-state index contributed by atoms with van der Waals surface area (Å²) in [4.78, 5) is 10.3. The maximum absolute atomic E-state index is 10.2. The Morgan fingerprint density at radius 1 is 1.32 bits per heavy atom. The van der Waals surface area contributed by atoms with Gasteiger partial charge in [0.2, 0.25) is 0 Å². The molecule has 3 rings (SSSR count). The Morgan fingerprint density at radius 3 is 2.82 bits per heavy atom. The molecule has 0 bridgehead atoms. The van der Waals surface area contributed by atoms with Crippen molar-refractivity contribution in [2.75, 3.05) is 5.32 Å². The number of aliphatic hydroxyl groups is 1. The van der Waals surface area contributed by atoms with Gasteiger partial charge in [-0.05, 0) is 43.0 Å². The topological polar surface area (TPSA) is 58.0 Å². The predicted octanol–water partition coefficient (Wildman–Crippen LogP) is 3.91. The Balaban J connectivity index is 1.97. The number of nitrogens with zero attached hydrogens (tertiary/aromatic N) is 2. The van der Waals surface area contributed by atoms with E-state index in [1.807, 2.05) is 6.92 Å². The summed E-state index contributed by atoms with van der Waals surface area (Å²) in [7, 11) is 0. The largest absolute Gasteiger partial charge is 0.391 e. The van der Waals surface area contributed by atoms with Crippen LogP contribution < -0.4 is 5.32 Å². The lowest BCUT2D eigenvalue weighted by Crippen LogP contribution is -2.36. The zero-order valence-corrected chi connectivity index (χ0v) is 14.4. The molecule has 4 nitrogen and oxygen atoms in total. The predicted molar refractivity (Wildman–Crippen MR) is 92.6 cm³/mol. The van der Waals surface area contributed by atoms with E-state index in [-0.39, 0.29) is 12.1 Å². The molecule has 0 saturated heterocycles. The van der Waals surface area contributed by atoms with Gasteiger partial charge in [-0.25, -0.2) is 9.97 Å². The molecule has 120 valence electrons. The standard InChI is InChI=1S/C17H25N3OS/c1-10(2)8-12-9-22-17-15(12)16(18-11(3)19-17)20-13-6-4-5-7-14(13)21/h9-10,13-14,21H,4-8H2,1-3H3,(H,18,19,20). The van der Waals surface area contributed by atoms with Gasteiger partial charge in [0.05, 0.1) is 17.5 Å². The van der Waals surface area contributed by atoms with Crippen LogP contribution in [-0.2, 0) is 6.42 Å². The fourth-order valence-electron chi connectivity index (χ4n) is 3.26. The Bertz CT molecular complexity index is 653. The van der Waals surface area contributed by atoms with Gasteiger partial charge in [0.1, 0.15) is 16.5 Å². The highest BCUT2D eigenvalue weighted by atomic mass is 32.1. The first kappa shape index (κ1) is 15.7. The summed E-state index contributed by atoms with van der Waals surface area (Å²) in [6, 6.07) is 0.109. The Hall–Kier alpha value is -1.20. The van der Waals surface area contributed by atoms with Crippen molar-refractivity contribution in [2.24, 2.45) is 5.92 Å². The number of aryl methyl sites for hydroxylation is 1. The fourth-order valence-corrected chi connectivity index (χ4v) is 4.26. The summed E-state index contributed by atoms with van der Waals surface area (Å²) in [5, 5.41) is 17.1. The van der Waals surface area contributed by atoms with Crippen LogP contribution in [0.2, 0.25) is 0 Å². The summed E-state index contributed by atoms with van der Waals surface area (Å²) < 4.78 is 0. The van der Waals surface area contributed by atoms with E-state index >= 15 is 0 Å². The molecule has 2 unspecified atom stereocenters. The van der Waals surface area contributed by atoms with E-state index in [1.165, 1.54) is 12.0 Å². The van der Waals surface area contributed by atoms with Gasteiger partial charge in [-0.2, -0.15) is 0 Å². The van der Waals surface area contributed by atoms with Crippen LogP contribution in [0.3, 0.4) is 0 Å². The molecule has 0 aromatic carbocycles. The van der Waals surface area contributed by atoms with Gasteiger partial charge in [0.15, 0.2) is 0 Å². The molecule has 2 N–H and O–H groups in total. The number of hydrogen-bond acceptors (Lipinski definition) is 5. The highest BCUT2D eigenvalue weighted by Crippen LogP contribution is 2.33. The molecule has 1 saturated carbocycles. The number of thiophene rings is 1. The second-order valence-corrected chi connectivity index (χ2v) is 7.62. The molecule has 22 heavy (non-hydrogen) atoms. The Morgan fingerprint density at radius 2 is 2.09 bits per heavy atom. The van der Waals surface area contributed by atoms with Crippen molar-refractivity contribution in [2.45, 2.75) is 65.0 Å². The minimum atomic E-state index is -0.272. The van der Waals surface area contributed by atoms with E-state index in [4.69, 9.17) is 0 Å². The van der Waals surface area contributed by atoms with Crippen molar-refractivity contribution in [3.8, 4) is 0 Å². The highest BCUT2D eigenvalue weighted by molar-refractivity contribution is 7.17. The third kappa shape index (κ3) is 3.25. The molecule has 0 aliphatic heterocycles. The first-order chi connectivity index (χ1) is 10.5. The lowest BCUT2D eigenvalue weighted by Gasteiger charge is -2.29. The molecule has 0 amide bonds. The van der Waals surface area contributed by atoms with Gasteiger partial charge in [-0.15, -0.1) is 11.3 Å². The van der Waals surface area contributed by atoms with Gasteiger partial charge >= 0.3 is 0 Å². The average Bonchev–Trinajstić information content (AvgIpc) is 2.83. The van der Waals surface area contributed by atoms with E-state index in [2.05, 4.69) is 34.5 Å². The third-order valence-electron chi connectivity index (χ3n) is 4.30. The van der Waals surface area contributed by atoms with Crippen LogP contribution in [-0.4, -0.2) is 27.2 Å². The highest BCUT2D eigenvalue weighted by Gasteiger charge is 2.24. The van der Waals surface area contributed by atoms with Crippen LogP contribution in [0.5, 0.6) is 0 Å². The van der Waals surface area contributed by atoms with Gasteiger partial charge in [-0.3, -0.25) is 0 Å². The molecule has 1 aliphatic rings. The second kappa shape index (κ2) is 6.50. The van der Waals surface area contributed by atoms with Crippen molar-refractivity contribution < 1.29 is 5.11 Å². The molecular weight excluding hydrogens is 294 g/mol. The fraction of sp³-hybridized carbons (Fsp3) is 0.647. The summed E-state index contributed by atoms with van der Waals surface area (Å²) in [5.41, 5.74) is 1.32. The minimum Gasteiger partial charge on any atom is -0.391 e. The summed E-state index contributed by atoms with van der Waals surface area (Å²) in [5.74, 6) is 2.30. The number of nitrogens with one attached hydrogen (secondary N) is 1. The number of fused-ring (bicyclic) bond motifs is 1. The number of anilines is 1. The lowest BCUT2D eigenvalue weighted by atomic mass is 9.92. The zero-order chi connectivity index (χ0) is 15.7. The maximum atomic E-state index is 10.2. The second-order valence-electron chi connectivity index (χ2n) is 6.76. The van der Waals surface area contributed by atoms with Crippen LogP contribution in [0.25, 0.3) is 10.2 Å². The van der Waals surface area contributed by atoms with Crippen molar-refractivity contribution in [3.05, 3.63) is 16.8 Å². The van der Waals surface area contributed by atoms with E-state index in [1.54, 1.807) is 11.3 Å². The first-order valence-corrected chi connectivity index (χ1v) is 9.12. The summed E-state index contributed by atoms with van der Waals surface area (Å²) in [6.07, 6.45) is 4.95. The normalized spacial score (nSPS) is 22.4. The zero-order valence-electron chi connectivity index (χ0n) is 13.6. The first-order valence-electron chi connectivity index (χ1n) is 8.24. The van der Waals surface area contributed by atoms with Gasteiger partial charge < -0.3 is 10.4 Å². The van der Waals surface area contributed by atoms with Crippen LogP contribution >= 0.6 is 11.3 Å². The Labute approximate surface area is 136 Å². The maximum Gasteiger partial charge on any atom is 0.139 e. The summed E-state index contributed by atoms with van der Waals surface area (Å²) >= 11 is 1.69. The number of aliphatic hydroxyl groups excluding tert-OH is 1. The molecule has 1 aliphatic carbocycles. The molecule has 1 fully saturated rings. The number of rotatable bonds is 4. The Kier molecular flexibility index (Phi) is 4.64. The van der Waals surface area contributed by atoms with Gasteiger partial charge in [0, 0.05) is 0 Å². The van der Waals surface area contributed by atoms with Crippen molar-refractivity contribution in [1.29, 1.82) is 0 Å². The molecule has 2 atom stereocenters. The van der Waals surface area contributed by atoms with Crippen LogP contribution in [0.1, 0.15) is 50.9 Å². The quantitative estimate of drug-likeness (QED) is 0.897. The van der Waals surface area contributed by atoms with Crippen molar-refractivity contribution in [1.82, 2.24) is 9.97 Å². The SMILES string of the molecule is Cc1nc(NC2CCCCC2O)c2c(CC(C)C)csc2n1. The molecular formula is C17H25N3OS. The molecule has 2 aromatic rings. The van der Waals surface area contributed by atoms with E-state index in [9.17, 15) is 5.11 Å². The average molecular weight is 319 g/mol. The third-order valence-corrected chi connectivity index (χ3v) is 5.22. The molecule has 0 radical (unpaired) electrons. The van der Waals surface area contributed by atoms with Gasteiger partial charge in [0.25, 0.3) is 0 Å². The molecule has 0 spiro atoms. The molecule has 2 aromatic heterocycles. The van der Waals surface area contributed by atoms with Crippen LogP contribution in [0.15, 0.2) is 5.38 Å². The minimum absolute atomic E-state index is 0.109. The van der Waals surface area contributed by atoms with Gasteiger partial charge in [-0.1, -0.05) is 26.7 Å². The van der Waals surface area contributed by atoms with Crippen molar-refractivity contribution >= 4 is 27.4 Å². The van der Waals surface area contributed by atoms with Crippen LogP contribution in [0, 0.1) is 12.8 Å². The van der Waals surface area contributed by atoms with E-state index in [0.29, 0.717) is 5.92 Å².